The van der Waals surface area contributed by atoms with Crippen LogP contribution in [0, 0.1) is 11.8 Å². The molecule has 0 aromatic carbocycles. The Labute approximate surface area is 180 Å². The zero-order chi connectivity index (χ0) is 22.4. The number of ether oxygens (including phenoxy) is 2. The molecule has 4 aliphatic rings. The Balaban J connectivity index is 0.000000171. The number of carbonyl (C=O) groups is 2. The Kier molecular flexibility index (Phi) is 6.31. The van der Waals surface area contributed by atoms with Crippen LogP contribution in [0.1, 0.15) is 67.2 Å². The minimum atomic E-state index is -0.402. The van der Waals surface area contributed by atoms with Gasteiger partial charge >= 0.3 is 12.2 Å². The fourth-order valence-electron chi connectivity index (χ4n) is 5.07. The molecule has 172 valence electrons. The second-order valence-electron chi connectivity index (χ2n) is 11.4. The molecule has 4 fully saturated rings. The number of amides is 2. The molecule has 0 radical (unpaired) electrons. The number of piperidine rings is 2. The highest BCUT2D eigenvalue weighted by molar-refractivity contribution is 5.69. The molecule has 2 heterocycles. The Morgan fingerprint density at radius 1 is 0.700 bits per heavy atom. The maximum absolute atomic E-state index is 11.8. The molecule has 2 saturated heterocycles. The van der Waals surface area contributed by atoms with Crippen LogP contribution in [0.4, 0.5) is 9.59 Å². The summed E-state index contributed by atoms with van der Waals surface area (Å²) in [4.78, 5) is 27.3. The van der Waals surface area contributed by atoms with Crippen molar-refractivity contribution in [2.45, 2.75) is 103 Å². The number of fused-ring (bicyclic) bond motifs is 4. The van der Waals surface area contributed by atoms with E-state index in [0.29, 0.717) is 23.9 Å². The van der Waals surface area contributed by atoms with Crippen LogP contribution >= 0.6 is 0 Å². The van der Waals surface area contributed by atoms with Crippen molar-refractivity contribution >= 4 is 12.2 Å². The highest BCUT2D eigenvalue weighted by atomic mass is 16.6. The summed E-state index contributed by atoms with van der Waals surface area (Å²) in [5.74, 6) is 0.977. The van der Waals surface area contributed by atoms with Crippen LogP contribution in [0.5, 0.6) is 0 Å². The molecule has 0 aromatic heterocycles. The molecule has 2 amide bonds. The van der Waals surface area contributed by atoms with Crippen LogP contribution in [-0.2, 0) is 9.47 Å². The lowest BCUT2D eigenvalue weighted by Crippen LogP contribution is -2.46. The third kappa shape index (κ3) is 5.38. The Hall–Kier alpha value is -1.54. The molecule has 2 aliphatic heterocycles. The second-order valence-corrected chi connectivity index (χ2v) is 11.4. The first-order valence-corrected chi connectivity index (χ1v) is 11.2. The lowest BCUT2D eigenvalue weighted by Gasteiger charge is -2.31. The minimum absolute atomic E-state index is 0.179. The highest BCUT2D eigenvalue weighted by Crippen LogP contribution is 2.38. The van der Waals surface area contributed by atoms with Gasteiger partial charge in [-0.3, -0.25) is 0 Å². The number of nitrogens with two attached hydrogens (primary N) is 2. The van der Waals surface area contributed by atoms with Crippen molar-refractivity contribution in [3.63, 3.8) is 0 Å². The maximum Gasteiger partial charge on any atom is 0.410 e. The van der Waals surface area contributed by atoms with Gasteiger partial charge in [0.1, 0.15) is 11.2 Å². The largest absolute Gasteiger partial charge is 0.444 e. The zero-order valence-corrected chi connectivity index (χ0v) is 19.4. The molecule has 0 spiro atoms. The van der Waals surface area contributed by atoms with Gasteiger partial charge in [-0.05, 0) is 79.1 Å². The number of rotatable bonds is 0. The number of likely N-dealkylation sites (tertiary alicyclic amines) is 2. The smallest absolute Gasteiger partial charge is 0.410 e. The zero-order valence-electron chi connectivity index (χ0n) is 19.4. The minimum Gasteiger partial charge on any atom is -0.444 e. The Morgan fingerprint density at radius 2 is 1.03 bits per heavy atom. The van der Waals surface area contributed by atoms with Gasteiger partial charge in [0.05, 0.1) is 0 Å². The molecular weight excluding hydrogens is 384 g/mol. The molecule has 6 atom stereocenters. The van der Waals surface area contributed by atoms with E-state index in [-0.39, 0.29) is 24.3 Å². The van der Waals surface area contributed by atoms with E-state index < -0.39 is 11.2 Å². The third-order valence-electron chi connectivity index (χ3n) is 6.45. The van der Waals surface area contributed by atoms with Gasteiger partial charge in [-0.25, -0.2) is 9.59 Å². The summed E-state index contributed by atoms with van der Waals surface area (Å²) in [6.07, 6.45) is 3.62. The maximum atomic E-state index is 11.8. The fraction of sp³-hybridized carbons (Fsp3) is 0.909. The normalized spacial score (nSPS) is 34.7. The molecule has 8 nitrogen and oxygen atoms in total. The highest BCUT2D eigenvalue weighted by Gasteiger charge is 2.47. The van der Waals surface area contributed by atoms with Crippen LogP contribution < -0.4 is 11.5 Å². The Bertz CT molecular complexity index is 597. The average Bonchev–Trinajstić information content (AvgIpc) is 3.30. The third-order valence-corrected chi connectivity index (χ3v) is 6.45. The summed E-state index contributed by atoms with van der Waals surface area (Å²) < 4.78 is 10.7. The molecule has 2 aliphatic carbocycles. The van der Waals surface area contributed by atoms with E-state index in [1.165, 1.54) is 0 Å². The van der Waals surface area contributed by atoms with Gasteiger partial charge < -0.3 is 30.7 Å². The molecule has 0 aromatic rings. The summed E-state index contributed by atoms with van der Waals surface area (Å²) in [5.41, 5.74) is 11.1. The SMILES string of the molecule is CC(C)(C)OC(=O)N1C[C@@H]2C[C@H]1C[C@H]2N.CC(C)(C)OC(=O)N1C[C@H]2C[C@@H]1C[C@@H]2N. The van der Waals surface area contributed by atoms with Crippen LogP contribution in [0.2, 0.25) is 0 Å². The quantitative estimate of drug-likeness (QED) is 0.618. The van der Waals surface area contributed by atoms with Gasteiger partial charge in [0.15, 0.2) is 0 Å². The predicted octanol–water partition coefficient (Wildman–Crippen LogP) is 2.69. The van der Waals surface area contributed by atoms with E-state index in [2.05, 4.69) is 0 Å². The van der Waals surface area contributed by atoms with Gasteiger partial charge in [0, 0.05) is 37.3 Å². The number of hydrogen-bond donors (Lipinski definition) is 2. The first kappa shape index (κ1) is 23.1. The number of hydrogen-bond acceptors (Lipinski definition) is 6. The standard InChI is InChI=1S/2C11H20N2O2/c2*1-11(2,3)15-10(14)13-6-7-4-8(13)5-9(7)12/h2*7-9H,4-6,12H2,1-3H3/t2*7-,8-,9+/m10/s1. The van der Waals surface area contributed by atoms with Crippen LogP contribution in [0.25, 0.3) is 0 Å². The van der Waals surface area contributed by atoms with Crippen LogP contribution in [-0.4, -0.2) is 70.4 Å². The van der Waals surface area contributed by atoms with Crippen molar-refractivity contribution in [3.8, 4) is 0 Å². The van der Waals surface area contributed by atoms with Gasteiger partial charge in [-0.1, -0.05) is 0 Å². The van der Waals surface area contributed by atoms with Crippen molar-refractivity contribution in [1.29, 1.82) is 0 Å². The lowest BCUT2D eigenvalue weighted by molar-refractivity contribution is 0.0171. The van der Waals surface area contributed by atoms with E-state index in [9.17, 15) is 9.59 Å². The first-order chi connectivity index (χ1) is 13.7. The van der Waals surface area contributed by atoms with Crippen LogP contribution in [0.15, 0.2) is 0 Å². The van der Waals surface area contributed by atoms with Gasteiger partial charge in [0.2, 0.25) is 0 Å². The van der Waals surface area contributed by atoms with Crippen molar-refractivity contribution in [2.24, 2.45) is 23.3 Å². The number of nitrogens with zero attached hydrogens (tertiary/aromatic N) is 2. The van der Waals surface area contributed by atoms with Crippen molar-refractivity contribution in [2.75, 3.05) is 13.1 Å². The van der Waals surface area contributed by atoms with Crippen LogP contribution in [0.3, 0.4) is 0 Å². The van der Waals surface area contributed by atoms with E-state index in [1.807, 2.05) is 51.3 Å². The van der Waals surface area contributed by atoms with E-state index in [1.54, 1.807) is 0 Å². The lowest BCUT2D eigenvalue weighted by atomic mass is 10.0. The molecule has 30 heavy (non-hydrogen) atoms. The fourth-order valence-corrected chi connectivity index (χ4v) is 5.07. The summed E-state index contributed by atoms with van der Waals surface area (Å²) in [5, 5.41) is 0. The van der Waals surface area contributed by atoms with E-state index in [0.717, 1.165) is 38.8 Å². The van der Waals surface area contributed by atoms with Gasteiger partial charge in [0.25, 0.3) is 0 Å². The summed E-state index contributed by atoms with van der Waals surface area (Å²) >= 11 is 0. The topological polar surface area (TPSA) is 111 Å². The van der Waals surface area contributed by atoms with Crippen molar-refractivity contribution in [3.05, 3.63) is 0 Å². The monoisotopic (exact) mass is 424 g/mol. The molecule has 4 bridgehead atoms. The first-order valence-electron chi connectivity index (χ1n) is 11.2. The van der Waals surface area contributed by atoms with E-state index >= 15 is 0 Å². The molecule has 4 rings (SSSR count). The van der Waals surface area contributed by atoms with Crippen molar-refractivity contribution in [1.82, 2.24) is 9.80 Å². The Morgan fingerprint density at radius 3 is 1.23 bits per heavy atom. The molecular formula is C22H40N4O4. The van der Waals surface area contributed by atoms with Gasteiger partial charge in [-0.2, -0.15) is 0 Å². The summed E-state index contributed by atoms with van der Waals surface area (Å²) in [6.45, 7) is 12.9. The number of carbonyl (C=O) groups excluding carboxylic acids is 2. The summed E-state index contributed by atoms with van der Waals surface area (Å²) in [6, 6.07) is 1.21. The predicted molar refractivity (Wildman–Crippen MR) is 115 cm³/mol. The molecule has 4 N–H and O–H groups in total. The molecule has 8 heteroatoms. The molecule has 2 saturated carbocycles. The molecule has 0 unspecified atom stereocenters. The average molecular weight is 425 g/mol. The summed E-state index contributed by atoms with van der Waals surface area (Å²) in [7, 11) is 0. The van der Waals surface area contributed by atoms with Crippen molar-refractivity contribution < 1.29 is 19.1 Å². The second kappa shape index (κ2) is 8.19. The van der Waals surface area contributed by atoms with Gasteiger partial charge in [-0.15, -0.1) is 0 Å². The van der Waals surface area contributed by atoms with E-state index in [4.69, 9.17) is 20.9 Å².